The summed E-state index contributed by atoms with van der Waals surface area (Å²) in [6.07, 6.45) is -4.00. The second-order valence-corrected chi connectivity index (χ2v) is 7.02. The molecule has 0 bridgehead atoms. The predicted molar refractivity (Wildman–Crippen MR) is 82.8 cm³/mol. The summed E-state index contributed by atoms with van der Waals surface area (Å²) in [4.78, 5) is -0.0396. The number of sulfonamides is 1. The van der Waals surface area contributed by atoms with Gasteiger partial charge < -0.3 is 4.42 Å². The summed E-state index contributed by atoms with van der Waals surface area (Å²) in [6, 6.07) is 7.65. The molecule has 2 rings (SSSR count). The molecule has 1 unspecified atom stereocenters. The molecule has 1 atom stereocenters. The fourth-order valence-corrected chi connectivity index (χ4v) is 3.23. The van der Waals surface area contributed by atoms with Crippen LogP contribution in [0.5, 0.6) is 0 Å². The molecule has 0 aliphatic rings. The number of rotatable bonds is 6. The molecular weight excluding hydrogens is 343 g/mol. The molecule has 1 heterocycles. The summed E-state index contributed by atoms with van der Waals surface area (Å²) in [5, 5.41) is 0. The largest absolute Gasteiger partial charge is 0.468 e. The van der Waals surface area contributed by atoms with Crippen molar-refractivity contribution in [1.82, 2.24) is 4.72 Å². The molecule has 0 aliphatic carbocycles. The lowest BCUT2D eigenvalue weighted by molar-refractivity contribution is -0.0943. The fraction of sp³-hybridized carbons (Fsp3) is 0.250. The number of aryl methyl sites for hydroxylation is 1. The monoisotopic (exact) mass is 359 g/mol. The average Bonchev–Trinajstić information content (AvgIpc) is 3.00. The first kappa shape index (κ1) is 18.3. The molecule has 24 heavy (non-hydrogen) atoms. The molecule has 0 saturated carbocycles. The Balaban J connectivity index is 2.28. The van der Waals surface area contributed by atoms with Gasteiger partial charge in [-0.05, 0) is 31.2 Å². The van der Waals surface area contributed by atoms with Crippen LogP contribution < -0.4 is 4.72 Å². The molecule has 0 saturated heterocycles. The molecular formula is C16H16F3NO3S. The molecule has 0 radical (unpaired) electrons. The van der Waals surface area contributed by atoms with Crippen molar-refractivity contribution in [2.75, 3.05) is 0 Å². The maximum absolute atomic E-state index is 12.7. The van der Waals surface area contributed by atoms with E-state index in [0.717, 1.165) is 5.56 Å². The SMILES string of the molecule is C=C(CC(NS(=O)(=O)c1ccc(C)cc1)c1ccco1)C(F)(F)F. The van der Waals surface area contributed by atoms with Crippen molar-refractivity contribution >= 4 is 10.0 Å². The van der Waals surface area contributed by atoms with Gasteiger partial charge in [0.05, 0.1) is 17.2 Å². The third-order valence-electron chi connectivity index (χ3n) is 3.37. The first-order chi connectivity index (χ1) is 11.1. The molecule has 1 aromatic heterocycles. The van der Waals surface area contributed by atoms with Gasteiger partial charge in [-0.1, -0.05) is 24.3 Å². The first-order valence-corrected chi connectivity index (χ1v) is 8.45. The second kappa shape index (κ2) is 6.82. The maximum atomic E-state index is 12.7. The Morgan fingerprint density at radius 3 is 2.38 bits per heavy atom. The number of hydrogen-bond donors (Lipinski definition) is 1. The highest BCUT2D eigenvalue weighted by Crippen LogP contribution is 2.32. The van der Waals surface area contributed by atoms with Crippen LogP contribution in [0, 0.1) is 6.92 Å². The second-order valence-electron chi connectivity index (χ2n) is 5.31. The highest BCUT2D eigenvalue weighted by molar-refractivity contribution is 7.89. The third-order valence-corrected chi connectivity index (χ3v) is 4.85. The number of halogens is 3. The fourth-order valence-electron chi connectivity index (χ4n) is 2.02. The summed E-state index contributed by atoms with van der Waals surface area (Å²) in [5.41, 5.74) is -0.183. The molecule has 0 amide bonds. The number of benzene rings is 1. The molecule has 0 aliphatic heterocycles. The zero-order valence-electron chi connectivity index (χ0n) is 12.8. The zero-order chi connectivity index (χ0) is 18.0. The summed E-state index contributed by atoms with van der Waals surface area (Å²) in [7, 11) is -4.01. The van der Waals surface area contributed by atoms with Gasteiger partial charge >= 0.3 is 6.18 Å². The molecule has 8 heteroatoms. The Kier molecular flexibility index (Phi) is 5.19. The van der Waals surface area contributed by atoms with Crippen LogP contribution >= 0.6 is 0 Å². The Hall–Kier alpha value is -2.06. The number of alkyl halides is 3. The number of furan rings is 1. The lowest BCUT2D eigenvalue weighted by Crippen LogP contribution is -2.30. The summed E-state index contributed by atoms with van der Waals surface area (Å²) in [5.74, 6) is 0.0797. The van der Waals surface area contributed by atoms with E-state index in [9.17, 15) is 21.6 Å². The van der Waals surface area contributed by atoms with E-state index < -0.39 is 34.2 Å². The van der Waals surface area contributed by atoms with Crippen LogP contribution in [0.4, 0.5) is 13.2 Å². The summed E-state index contributed by atoms with van der Waals surface area (Å²) < 4.78 is 70.4. The molecule has 1 N–H and O–H groups in total. The highest BCUT2D eigenvalue weighted by Gasteiger charge is 2.35. The predicted octanol–water partition coefficient (Wildman–Crippen LogP) is 4.12. The van der Waals surface area contributed by atoms with Crippen molar-refractivity contribution in [3.8, 4) is 0 Å². The Labute approximate surface area is 138 Å². The lowest BCUT2D eigenvalue weighted by atomic mass is 10.1. The zero-order valence-corrected chi connectivity index (χ0v) is 13.6. The summed E-state index contributed by atoms with van der Waals surface area (Å²) in [6.45, 7) is 4.78. The van der Waals surface area contributed by atoms with Crippen LogP contribution in [-0.2, 0) is 10.0 Å². The van der Waals surface area contributed by atoms with Crippen molar-refractivity contribution in [1.29, 1.82) is 0 Å². The highest BCUT2D eigenvalue weighted by atomic mass is 32.2. The van der Waals surface area contributed by atoms with E-state index in [0.29, 0.717) is 0 Å². The van der Waals surface area contributed by atoms with E-state index >= 15 is 0 Å². The van der Waals surface area contributed by atoms with Crippen molar-refractivity contribution < 1.29 is 26.0 Å². The molecule has 2 aromatic rings. The van der Waals surface area contributed by atoms with E-state index in [1.54, 1.807) is 19.1 Å². The van der Waals surface area contributed by atoms with Gasteiger partial charge in [-0.15, -0.1) is 0 Å². The van der Waals surface area contributed by atoms with E-state index in [-0.39, 0.29) is 10.7 Å². The van der Waals surface area contributed by atoms with Crippen LogP contribution in [0.2, 0.25) is 0 Å². The normalized spacial score (nSPS) is 13.7. The maximum Gasteiger partial charge on any atom is 0.412 e. The molecule has 1 aromatic carbocycles. The topological polar surface area (TPSA) is 59.3 Å². The van der Waals surface area contributed by atoms with E-state index in [1.165, 1.54) is 30.5 Å². The molecule has 4 nitrogen and oxygen atoms in total. The smallest absolute Gasteiger partial charge is 0.412 e. The van der Waals surface area contributed by atoms with Crippen molar-refractivity contribution in [2.24, 2.45) is 0 Å². The Bertz CT molecular complexity index is 794. The third kappa shape index (κ3) is 4.48. The van der Waals surface area contributed by atoms with Crippen LogP contribution in [-0.4, -0.2) is 14.6 Å². The van der Waals surface area contributed by atoms with Gasteiger partial charge in [-0.3, -0.25) is 0 Å². The van der Waals surface area contributed by atoms with E-state index in [1.807, 2.05) is 0 Å². The molecule has 0 spiro atoms. The van der Waals surface area contributed by atoms with Gasteiger partial charge in [0.1, 0.15) is 5.76 Å². The minimum absolute atomic E-state index is 0.0396. The van der Waals surface area contributed by atoms with Gasteiger partial charge in [0.15, 0.2) is 0 Å². The van der Waals surface area contributed by atoms with Crippen molar-refractivity contribution in [2.45, 2.75) is 30.5 Å². The van der Waals surface area contributed by atoms with Crippen LogP contribution in [0.3, 0.4) is 0 Å². The standard InChI is InChI=1S/C16H16F3NO3S/c1-11-5-7-13(8-6-11)24(21,22)20-14(15-4-3-9-23-15)10-12(2)16(17,18)19/h3-9,14,20H,2,10H2,1H3. The van der Waals surface area contributed by atoms with Crippen LogP contribution in [0.1, 0.15) is 23.8 Å². The Morgan fingerprint density at radius 2 is 1.88 bits per heavy atom. The van der Waals surface area contributed by atoms with Gasteiger partial charge in [0.2, 0.25) is 10.0 Å². The average molecular weight is 359 g/mol. The lowest BCUT2D eigenvalue weighted by Gasteiger charge is -2.19. The van der Waals surface area contributed by atoms with Gasteiger partial charge in [-0.25, -0.2) is 13.1 Å². The van der Waals surface area contributed by atoms with Gasteiger partial charge in [0.25, 0.3) is 0 Å². The quantitative estimate of drug-likeness (QED) is 0.790. The van der Waals surface area contributed by atoms with Crippen LogP contribution in [0.25, 0.3) is 0 Å². The minimum Gasteiger partial charge on any atom is -0.468 e. The summed E-state index contributed by atoms with van der Waals surface area (Å²) >= 11 is 0. The van der Waals surface area contributed by atoms with Crippen molar-refractivity contribution in [3.63, 3.8) is 0 Å². The molecule has 130 valence electrons. The Morgan fingerprint density at radius 1 is 1.25 bits per heavy atom. The first-order valence-electron chi connectivity index (χ1n) is 6.97. The molecule has 0 fully saturated rings. The van der Waals surface area contributed by atoms with Gasteiger partial charge in [-0.2, -0.15) is 13.2 Å². The van der Waals surface area contributed by atoms with Crippen molar-refractivity contribution in [3.05, 3.63) is 66.1 Å². The number of nitrogens with one attached hydrogen (secondary N) is 1. The van der Waals surface area contributed by atoms with Gasteiger partial charge in [0, 0.05) is 12.0 Å². The van der Waals surface area contributed by atoms with E-state index in [4.69, 9.17) is 4.42 Å². The minimum atomic E-state index is -4.61. The van der Waals surface area contributed by atoms with Crippen LogP contribution in [0.15, 0.2) is 64.1 Å². The number of hydrogen-bond acceptors (Lipinski definition) is 3. The van der Waals surface area contributed by atoms with E-state index in [2.05, 4.69) is 11.3 Å².